The average molecular weight is 260 g/mol. The van der Waals surface area contributed by atoms with Gasteiger partial charge in [-0.1, -0.05) is 13.0 Å². The molecule has 0 saturated heterocycles. The number of aliphatic hydroxyl groups excluding tert-OH is 1. The van der Waals surface area contributed by atoms with Gasteiger partial charge in [0.2, 0.25) is 0 Å². The third-order valence-electron chi connectivity index (χ3n) is 2.81. The summed E-state index contributed by atoms with van der Waals surface area (Å²) in [5.74, 6) is 0.392. The summed E-state index contributed by atoms with van der Waals surface area (Å²) in [4.78, 5) is 0. The minimum Gasteiger partial charge on any atom is -0.396 e. The molecular formula is C14H28O4. The fourth-order valence-corrected chi connectivity index (χ4v) is 1.42. The zero-order valence-electron chi connectivity index (χ0n) is 11.8. The Hall–Kier alpha value is -0.420. The Balaban J connectivity index is 3.21. The van der Waals surface area contributed by atoms with Crippen molar-refractivity contribution in [3.63, 3.8) is 0 Å². The summed E-state index contributed by atoms with van der Waals surface area (Å²) in [5.41, 5.74) is 0. The van der Waals surface area contributed by atoms with E-state index in [0.717, 1.165) is 12.8 Å². The first-order valence-electron chi connectivity index (χ1n) is 6.71. The monoisotopic (exact) mass is 260 g/mol. The summed E-state index contributed by atoms with van der Waals surface area (Å²) in [6.45, 7) is 11.1. The standard InChI is InChI=1S/C14H28O4/c1-4-8-16-11-12-17-9-5-10-18-14(3)13(2)6-7-15/h4,13-15H,1,5-12H2,2-3H3/t13-,14-/m0/s1. The Morgan fingerprint density at radius 2 is 1.83 bits per heavy atom. The van der Waals surface area contributed by atoms with Gasteiger partial charge in [-0.2, -0.15) is 0 Å². The van der Waals surface area contributed by atoms with Crippen LogP contribution in [-0.4, -0.2) is 50.9 Å². The van der Waals surface area contributed by atoms with E-state index in [0.29, 0.717) is 39.0 Å². The van der Waals surface area contributed by atoms with Crippen LogP contribution in [0.4, 0.5) is 0 Å². The zero-order chi connectivity index (χ0) is 13.6. The summed E-state index contributed by atoms with van der Waals surface area (Å²) in [7, 11) is 0. The second-order valence-electron chi connectivity index (χ2n) is 4.39. The molecule has 0 rings (SSSR count). The van der Waals surface area contributed by atoms with Gasteiger partial charge in [-0.3, -0.25) is 0 Å². The van der Waals surface area contributed by atoms with Gasteiger partial charge < -0.3 is 19.3 Å². The number of hydrogen-bond acceptors (Lipinski definition) is 4. The van der Waals surface area contributed by atoms with E-state index in [-0.39, 0.29) is 12.7 Å². The lowest BCUT2D eigenvalue weighted by Crippen LogP contribution is -2.20. The number of rotatable bonds is 13. The molecule has 0 heterocycles. The van der Waals surface area contributed by atoms with Crippen LogP contribution in [0.2, 0.25) is 0 Å². The van der Waals surface area contributed by atoms with Gasteiger partial charge in [0, 0.05) is 19.8 Å². The molecule has 0 aliphatic carbocycles. The highest BCUT2D eigenvalue weighted by molar-refractivity contribution is 4.63. The molecular weight excluding hydrogens is 232 g/mol. The van der Waals surface area contributed by atoms with Crippen molar-refractivity contribution in [3.05, 3.63) is 12.7 Å². The van der Waals surface area contributed by atoms with Gasteiger partial charge in [-0.05, 0) is 25.7 Å². The normalized spacial score (nSPS) is 14.4. The molecule has 0 bridgehead atoms. The highest BCUT2D eigenvalue weighted by atomic mass is 16.5. The third-order valence-corrected chi connectivity index (χ3v) is 2.81. The molecule has 0 aromatic carbocycles. The van der Waals surface area contributed by atoms with E-state index in [1.54, 1.807) is 6.08 Å². The molecule has 108 valence electrons. The van der Waals surface area contributed by atoms with Crippen LogP contribution in [0.3, 0.4) is 0 Å². The van der Waals surface area contributed by atoms with Crippen LogP contribution in [0.25, 0.3) is 0 Å². The minimum absolute atomic E-state index is 0.188. The fourth-order valence-electron chi connectivity index (χ4n) is 1.42. The molecule has 1 N–H and O–H groups in total. The van der Waals surface area contributed by atoms with E-state index in [9.17, 15) is 0 Å². The molecule has 0 aromatic heterocycles. The molecule has 2 atom stereocenters. The molecule has 18 heavy (non-hydrogen) atoms. The van der Waals surface area contributed by atoms with Gasteiger partial charge in [0.05, 0.1) is 25.9 Å². The number of ether oxygens (including phenoxy) is 3. The highest BCUT2D eigenvalue weighted by Gasteiger charge is 2.11. The Morgan fingerprint density at radius 1 is 1.11 bits per heavy atom. The largest absolute Gasteiger partial charge is 0.396 e. The lowest BCUT2D eigenvalue weighted by molar-refractivity contribution is 0.00329. The maximum absolute atomic E-state index is 8.82. The number of hydrogen-bond donors (Lipinski definition) is 1. The third kappa shape index (κ3) is 10.7. The summed E-state index contributed by atoms with van der Waals surface area (Å²) in [6.07, 6.45) is 3.59. The SMILES string of the molecule is C=CCOCCOCCCO[C@@H](C)[C@@H](C)CCO. The lowest BCUT2D eigenvalue weighted by Gasteiger charge is -2.19. The maximum atomic E-state index is 8.82. The molecule has 0 aromatic rings. The summed E-state index contributed by atoms with van der Waals surface area (Å²) < 4.78 is 16.2. The molecule has 0 aliphatic rings. The van der Waals surface area contributed by atoms with Crippen molar-refractivity contribution in [1.29, 1.82) is 0 Å². The van der Waals surface area contributed by atoms with Crippen molar-refractivity contribution >= 4 is 0 Å². The van der Waals surface area contributed by atoms with Crippen molar-refractivity contribution in [2.45, 2.75) is 32.8 Å². The minimum atomic E-state index is 0.188. The summed E-state index contributed by atoms with van der Waals surface area (Å²) in [5, 5.41) is 8.82. The molecule has 0 unspecified atom stereocenters. The molecule has 0 spiro atoms. The Labute approximate surface area is 111 Å². The fraction of sp³-hybridized carbons (Fsp3) is 0.857. The smallest absolute Gasteiger partial charge is 0.0704 e. The first-order valence-corrected chi connectivity index (χ1v) is 6.71. The van der Waals surface area contributed by atoms with Crippen molar-refractivity contribution in [2.75, 3.05) is 39.6 Å². The predicted molar refractivity (Wildman–Crippen MR) is 72.7 cm³/mol. The summed E-state index contributed by atoms with van der Waals surface area (Å²) >= 11 is 0. The van der Waals surface area contributed by atoms with E-state index < -0.39 is 0 Å². The van der Waals surface area contributed by atoms with Crippen LogP contribution in [-0.2, 0) is 14.2 Å². The Bertz CT molecular complexity index is 185. The van der Waals surface area contributed by atoms with Crippen LogP contribution < -0.4 is 0 Å². The summed E-state index contributed by atoms with van der Waals surface area (Å²) in [6, 6.07) is 0. The average Bonchev–Trinajstić information content (AvgIpc) is 2.36. The van der Waals surface area contributed by atoms with Crippen LogP contribution >= 0.6 is 0 Å². The van der Waals surface area contributed by atoms with Crippen molar-refractivity contribution in [3.8, 4) is 0 Å². The van der Waals surface area contributed by atoms with Crippen molar-refractivity contribution in [1.82, 2.24) is 0 Å². The van der Waals surface area contributed by atoms with Gasteiger partial charge in [0.15, 0.2) is 0 Å². The molecule has 4 heteroatoms. The topological polar surface area (TPSA) is 47.9 Å². The van der Waals surface area contributed by atoms with Crippen LogP contribution in [0.1, 0.15) is 26.7 Å². The van der Waals surface area contributed by atoms with Crippen molar-refractivity contribution < 1.29 is 19.3 Å². The van der Waals surface area contributed by atoms with Gasteiger partial charge in [-0.25, -0.2) is 0 Å². The van der Waals surface area contributed by atoms with Gasteiger partial charge >= 0.3 is 0 Å². The number of aliphatic hydroxyl groups is 1. The van der Waals surface area contributed by atoms with E-state index in [1.807, 2.05) is 6.92 Å². The molecule has 4 nitrogen and oxygen atoms in total. The van der Waals surface area contributed by atoms with E-state index >= 15 is 0 Å². The first-order chi connectivity index (χ1) is 8.72. The van der Waals surface area contributed by atoms with E-state index in [1.165, 1.54) is 0 Å². The van der Waals surface area contributed by atoms with E-state index in [4.69, 9.17) is 19.3 Å². The lowest BCUT2D eigenvalue weighted by atomic mass is 10.0. The van der Waals surface area contributed by atoms with Gasteiger partial charge in [0.25, 0.3) is 0 Å². The van der Waals surface area contributed by atoms with Gasteiger partial charge in [-0.15, -0.1) is 6.58 Å². The molecule has 0 saturated carbocycles. The zero-order valence-corrected chi connectivity index (χ0v) is 11.8. The maximum Gasteiger partial charge on any atom is 0.0704 e. The Kier molecular flexibility index (Phi) is 12.7. The predicted octanol–water partition coefficient (Wildman–Crippen LogP) is 2.02. The second-order valence-corrected chi connectivity index (χ2v) is 4.39. The van der Waals surface area contributed by atoms with Crippen LogP contribution in [0, 0.1) is 5.92 Å². The molecule has 0 amide bonds. The second kappa shape index (κ2) is 13.0. The van der Waals surface area contributed by atoms with Gasteiger partial charge in [0.1, 0.15) is 0 Å². The van der Waals surface area contributed by atoms with Crippen molar-refractivity contribution in [2.24, 2.45) is 5.92 Å². The highest BCUT2D eigenvalue weighted by Crippen LogP contribution is 2.10. The molecule has 0 radical (unpaired) electrons. The van der Waals surface area contributed by atoms with E-state index in [2.05, 4.69) is 13.5 Å². The quantitative estimate of drug-likeness (QED) is 0.406. The van der Waals surface area contributed by atoms with Crippen LogP contribution in [0.15, 0.2) is 12.7 Å². The molecule has 0 aliphatic heterocycles. The molecule has 0 fully saturated rings. The first kappa shape index (κ1) is 17.6. The van der Waals surface area contributed by atoms with Crippen LogP contribution in [0.5, 0.6) is 0 Å². The Morgan fingerprint density at radius 3 is 2.50 bits per heavy atom.